The zero-order chi connectivity index (χ0) is 29.9. The standard InChI is InChI=1S/C42H31N3S/c1-3-9-25(10-4-1)39-31-13-5-2-6-14-34(31)43-42(44-39)45-35-22-27-18-17-26(27)21-33(35)37-38-32-20-19-24-15-16-28(24)23-36(32)46-41(38)30-12-8-7-11-29(30)40(37)45/h1,3-14,21-24H,2,15-20H2. The fourth-order valence-corrected chi connectivity index (χ4v) is 9.91. The SMILES string of the molecule is C1=Cc2nc(-n3c4cc5c(cc4c4c6c7c(sc6c6ccccc6c43)C=C3CCC3CC7)CC5)nc(-c3ccccc3)c2C=CC1. The molecule has 0 radical (unpaired) electrons. The van der Waals surface area contributed by atoms with Gasteiger partial charge in [0, 0.05) is 47.6 Å². The summed E-state index contributed by atoms with van der Waals surface area (Å²) in [6, 6.07) is 24.7. The lowest BCUT2D eigenvalue weighted by atomic mass is 9.77. The molecule has 7 aromatic rings. The maximum atomic E-state index is 5.48. The van der Waals surface area contributed by atoms with Crippen LogP contribution in [0.1, 0.15) is 58.5 Å². The van der Waals surface area contributed by atoms with E-state index >= 15 is 0 Å². The summed E-state index contributed by atoms with van der Waals surface area (Å²) in [6.45, 7) is 0. The van der Waals surface area contributed by atoms with Crippen LogP contribution in [0, 0.1) is 5.92 Å². The highest BCUT2D eigenvalue weighted by atomic mass is 32.1. The van der Waals surface area contributed by atoms with Crippen molar-refractivity contribution in [3.8, 4) is 17.2 Å². The van der Waals surface area contributed by atoms with Crippen LogP contribution in [0.4, 0.5) is 0 Å². The van der Waals surface area contributed by atoms with Gasteiger partial charge in [0.05, 0.1) is 22.4 Å². The predicted molar refractivity (Wildman–Crippen MR) is 194 cm³/mol. The van der Waals surface area contributed by atoms with E-state index in [4.69, 9.17) is 9.97 Å². The average molecular weight is 610 g/mol. The molecule has 4 aliphatic rings. The quantitative estimate of drug-likeness (QED) is 0.195. The van der Waals surface area contributed by atoms with Crippen LogP contribution in [0.5, 0.6) is 0 Å². The number of benzene rings is 4. The third-order valence-electron chi connectivity index (χ3n) is 11.1. The van der Waals surface area contributed by atoms with Gasteiger partial charge in [0.1, 0.15) is 0 Å². The van der Waals surface area contributed by atoms with Crippen LogP contribution in [0.15, 0.2) is 84.5 Å². The van der Waals surface area contributed by atoms with E-state index in [-0.39, 0.29) is 0 Å². The van der Waals surface area contributed by atoms with Crippen LogP contribution in [0.25, 0.3) is 78.1 Å². The van der Waals surface area contributed by atoms with Gasteiger partial charge in [0.2, 0.25) is 5.95 Å². The molecule has 1 fully saturated rings. The first kappa shape index (κ1) is 25.4. The summed E-state index contributed by atoms with van der Waals surface area (Å²) >= 11 is 2.02. The van der Waals surface area contributed by atoms with Crippen molar-refractivity contribution >= 4 is 72.2 Å². The molecule has 0 aliphatic heterocycles. The van der Waals surface area contributed by atoms with Gasteiger partial charge in [0.15, 0.2) is 0 Å². The van der Waals surface area contributed by atoms with E-state index < -0.39 is 0 Å². The van der Waals surface area contributed by atoms with Crippen molar-refractivity contribution < 1.29 is 0 Å². The second-order valence-electron chi connectivity index (χ2n) is 13.5. The van der Waals surface area contributed by atoms with E-state index in [1.54, 1.807) is 11.1 Å². The zero-order valence-corrected chi connectivity index (χ0v) is 26.3. The van der Waals surface area contributed by atoms with Crippen LogP contribution >= 0.6 is 11.3 Å². The molecule has 4 aromatic carbocycles. The number of fused-ring (bicyclic) bond motifs is 13. The molecule has 4 heteroatoms. The van der Waals surface area contributed by atoms with Gasteiger partial charge >= 0.3 is 0 Å². The van der Waals surface area contributed by atoms with Gasteiger partial charge in [-0.3, -0.25) is 4.57 Å². The molecule has 0 bridgehead atoms. The Morgan fingerprint density at radius 2 is 1.54 bits per heavy atom. The molecule has 1 atom stereocenters. The summed E-state index contributed by atoms with van der Waals surface area (Å²) < 4.78 is 3.86. The number of nitrogens with zero attached hydrogens (tertiary/aromatic N) is 3. The van der Waals surface area contributed by atoms with E-state index in [1.807, 2.05) is 11.3 Å². The monoisotopic (exact) mass is 609 g/mol. The van der Waals surface area contributed by atoms with E-state index in [2.05, 4.69) is 102 Å². The highest BCUT2D eigenvalue weighted by Crippen LogP contribution is 2.51. The Morgan fingerprint density at radius 1 is 0.739 bits per heavy atom. The summed E-state index contributed by atoms with van der Waals surface area (Å²) in [4.78, 5) is 12.3. The zero-order valence-electron chi connectivity index (χ0n) is 25.5. The van der Waals surface area contributed by atoms with Crippen molar-refractivity contribution in [2.75, 3.05) is 0 Å². The average Bonchev–Trinajstić information content (AvgIpc) is 3.43. The van der Waals surface area contributed by atoms with Gasteiger partial charge in [-0.05, 0) is 91.8 Å². The van der Waals surface area contributed by atoms with Crippen molar-refractivity contribution in [3.05, 3.63) is 117 Å². The molecule has 1 unspecified atom stereocenters. The van der Waals surface area contributed by atoms with E-state index in [1.165, 1.54) is 77.9 Å². The summed E-state index contributed by atoms with van der Waals surface area (Å²) in [5.41, 5.74) is 12.8. The summed E-state index contributed by atoms with van der Waals surface area (Å²) in [5.74, 6) is 1.53. The molecule has 0 spiro atoms. The van der Waals surface area contributed by atoms with Crippen LogP contribution in [0.3, 0.4) is 0 Å². The minimum Gasteiger partial charge on any atom is -0.277 e. The Bertz CT molecular complexity index is 2560. The Morgan fingerprint density at radius 3 is 2.39 bits per heavy atom. The van der Waals surface area contributed by atoms with E-state index in [0.717, 1.165) is 60.1 Å². The lowest BCUT2D eigenvalue weighted by Crippen LogP contribution is -2.14. The van der Waals surface area contributed by atoms with Gasteiger partial charge in [0.25, 0.3) is 0 Å². The highest BCUT2D eigenvalue weighted by Gasteiger charge is 2.31. The molecule has 1 saturated carbocycles. The predicted octanol–water partition coefficient (Wildman–Crippen LogP) is 10.9. The fraction of sp³-hybridized carbons (Fsp3) is 0.190. The van der Waals surface area contributed by atoms with Gasteiger partial charge in [-0.1, -0.05) is 78.4 Å². The third kappa shape index (κ3) is 3.43. The molecule has 0 N–H and O–H groups in total. The first-order valence-corrected chi connectivity index (χ1v) is 17.6. The Hall–Kier alpha value is -4.80. The van der Waals surface area contributed by atoms with Gasteiger partial charge < -0.3 is 0 Å². The van der Waals surface area contributed by atoms with E-state index in [0.29, 0.717) is 0 Å². The second kappa shape index (κ2) is 9.37. The number of thiophene rings is 1. The first-order chi connectivity index (χ1) is 22.8. The molecule has 46 heavy (non-hydrogen) atoms. The van der Waals surface area contributed by atoms with Crippen molar-refractivity contribution in [2.24, 2.45) is 5.92 Å². The van der Waals surface area contributed by atoms with Crippen molar-refractivity contribution in [3.63, 3.8) is 0 Å². The molecular weight excluding hydrogens is 579 g/mol. The number of hydrogen-bond donors (Lipinski definition) is 0. The van der Waals surface area contributed by atoms with Gasteiger partial charge in [-0.25, -0.2) is 9.97 Å². The molecule has 0 amide bonds. The molecule has 3 nitrogen and oxygen atoms in total. The molecule has 3 heterocycles. The molecular formula is C42H31N3S. The minimum absolute atomic E-state index is 0.753. The number of aryl methyl sites for hydroxylation is 3. The van der Waals surface area contributed by atoms with Crippen LogP contribution in [-0.4, -0.2) is 14.5 Å². The third-order valence-corrected chi connectivity index (χ3v) is 12.3. The Labute approximate surface area is 271 Å². The highest BCUT2D eigenvalue weighted by molar-refractivity contribution is 7.21. The molecule has 0 saturated heterocycles. The smallest absolute Gasteiger partial charge is 0.235 e. The normalized spacial score (nSPS) is 18.0. The topological polar surface area (TPSA) is 30.7 Å². The van der Waals surface area contributed by atoms with E-state index in [9.17, 15) is 0 Å². The minimum atomic E-state index is 0.753. The Balaban J connectivity index is 1.33. The largest absolute Gasteiger partial charge is 0.277 e. The lowest BCUT2D eigenvalue weighted by Gasteiger charge is -2.28. The molecule has 3 aromatic heterocycles. The van der Waals surface area contributed by atoms with Crippen molar-refractivity contribution in [1.29, 1.82) is 0 Å². The molecule has 4 aliphatic carbocycles. The van der Waals surface area contributed by atoms with Crippen LogP contribution < -0.4 is 0 Å². The maximum Gasteiger partial charge on any atom is 0.235 e. The number of allylic oxidation sites excluding steroid dienone is 3. The first-order valence-electron chi connectivity index (χ1n) is 16.8. The van der Waals surface area contributed by atoms with Crippen molar-refractivity contribution in [1.82, 2.24) is 14.5 Å². The summed E-state index contributed by atoms with van der Waals surface area (Å²) in [7, 11) is 0. The maximum absolute atomic E-state index is 5.48. The van der Waals surface area contributed by atoms with Crippen LogP contribution in [-0.2, 0) is 19.3 Å². The lowest BCUT2D eigenvalue weighted by molar-refractivity contribution is 0.422. The number of aromatic nitrogens is 3. The molecule has 11 rings (SSSR count). The number of hydrogen-bond acceptors (Lipinski definition) is 3. The van der Waals surface area contributed by atoms with Gasteiger partial charge in [-0.15, -0.1) is 11.3 Å². The summed E-state index contributed by atoms with van der Waals surface area (Å²) in [6.07, 6.45) is 19.6. The second-order valence-corrected chi connectivity index (χ2v) is 14.5. The number of rotatable bonds is 2. The molecule has 220 valence electrons. The van der Waals surface area contributed by atoms with Crippen molar-refractivity contribution in [2.45, 2.75) is 44.9 Å². The Kier molecular flexibility index (Phi) is 5.17. The van der Waals surface area contributed by atoms with Gasteiger partial charge in [-0.2, -0.15) is 0 Å². The van der Waals surface area contributed by atoms with Crippen LogP contribution in [0.2, 0.25) is 0 Å². The summed E-state index contributed by atoms with van der Waals surface area (Å²) in [5, 5.41) is 6.82. The fourth-order valence-electron chi connectivity index (χ4n) is 8.53.